The van der Waals surface area contributed by atoms with Crippen molar-refractivity contribution in [2.24, 2.45) is 0 Å². The highest BCUT2D eigenvalue weighted by atomic mass is 32.1. The van der Waals surface area contributed by atoms with E-state index in [0.29, 0.717) is 5.57 Å². The second kappa shape index (κ2) is 6.18. The standard InChI is InChI=1S/C13H15N3S/c1-10-6-12(13(8-14)9-15)7-11(2)16(10)4-3-5-17/h6-7,17H,3-5H2,1-2H3. The molecule has 4 heteroatoms. The summed E-state index contributed by atoms with van der Waals surface area (Å²) in [5, 5.41) is 17.7. The summed E-state index contributed by atoms with van der Waals surface area (Å²) in [6.07, 6.45) is 4.77. The van der Waals surface area contributed by atoms with E-state index in [1.807, 2.05) is 38.1 Å². The molecule has 0 fully saturated rings. The lowest BCUT2D eigenvalue weighted by molar-refractivity contribution is 0.424. The highest BCUT2D eigenvalue weighted by molar-refractivity contribution is 7.80. The Hall–Kier alpha value is -1.65. The highest BCUT2D eigenvalue weighted by Crippen LogP contribution is 2.24. The molecule has 0 saturated heterocycles. The lowest BCUT2D eigenvalue weighted by atomic mass is 10.0. The van der Waals surface area contributed by atoms with Crippen LogP contribution in [0.15, 0.2) is 34.7 Å². The third kappa shape index (κ3) is 3.15. The molecule has 88 valence electrons. The minimum absolute atomic E-state index is 0.164. The predicted octanol–water partition coefficient (Wildman–Crippen LogP) is 2.77. The first kappa shape index (κ1) is 13.4. The Morgan fingerprint density at radius 3 is 2.18 bits per heavy atom. The molecule has 17 heavy (non-hydrogen) atoms. The molecule has 0 bridgehead atoms. The molecular formula is C13H15N3S. The van der Waals surface area contributed by atoms with Crippen molar-refractivity contribution in [3.8, 4) is 12.1 Å². The van der Waals surface area contributed by atoms with Crippen molar-refractivity contribution in [3.05, 3.63) is 34.7 Å². The summed E-state index contributed by atoms with van der Waals surface area (Å²) in [4.78, 5) is 2.17. The molecule has 0 aromatic rings. The first-order valence-corrected chi connectivity index (χ1v) is 6.06. The minimum Gasteiger partial charge on any atom is -0.349 e. The summed E-state index contributed by atoms with van der Waals surface area (Å²) < 4.78 is 0. The Kier molecular flexibility index (Phi) is 4.87. The molecule has 0 aromatic carbocycles. The van der Waals surface area contributed by atoms with E-state index in [-0.39, 0.29) is 5.57 Å². The van der Waals surface area contributed by atoms with Gasteiger partial charge >= 0.3 is 0 Å². The van der Waals surface area contributed by atoms with Crippen molar-refractivity contribution in [1.29, 1.82) is 10.5 Å². The maximum atomic E-state index is 8.85. The maximum Gasteiger partial charge on any atom is 0.137 e. The molecule has 1 rings (SSSR count). The molecule has 0 atom stereocenters. The molecule has 0 radical (unpaired) electrons. The van der Waals surface area contributed by atoms with E-state index in [1.54, 1.807) is 0 Å². The first-order chi connectivity index (χ1) is 8.13. The van der Waals surface area contributed by atoms with Crippen LogP contribution in [0.1, 0.15) is 20.3 Å². The van der Waals surface area contributed by atoms with Crippen LogP contribution in [0, 0.1) is 22.7 Å². The van der Waals surface area contributed by atoms with E-state index >= 15 is 0 Å². The molecule has 0 unspecified atom stereocenters. The Bertz CT molecular complexity index is 434. The molecule has 0 saturated carbocycles. The van der Waals surface area contributed by atoms with Gasteiger partial charge in [-0.05, 0) is 38.2 Å². The van der Waals surface area contributed by atoms with Gasteiger partial charge in [0.05, 0.1) is 0 Å². The second-order valence-corrected chi connectivity index (χ2v) is 4.30. The SMILES string of the molecule is CC1=CC(=C(C#N)C#N)C=C(C)N1CCCS. The van der Waals surface area contributed by atoms with Crippen molar-refractivity contribution in [1.82, 2.24) is 4.90 Å². The average Bonchev–Trinajstić information content (AvgIpc) is 2.30. The molecule has 3 nitrogen and oxygen atoms in total. The zero-order chi connectivity index (χ0) is 12.8. The summed E-state index contributed by atoms with van der Waals surface area (Å²) in [6.45, 7) is 4.89. The molecule has 0 spiro atoms. The number of rotatable bonds is 3. The van der Waals surface area contributed by atoms with Crippen LogP contribution >= 0.6 is 12.6 Å². The van der Waals surface area contributed by atoms with Gasteiger partial charge in [0.2, 0.25) is 0 Å². The van der Waals surface area contributed by atoms with Crippen LogP contribution in [0.4, 0.5) is 0 Å². The zero-order valence-corrected chi connectivity index (χ0v) is 11.0. The van der Waals surface area contributed by atoms with Gasteiger partial charge in [0.1, 0.15) is 17.7 Å². The summed E-state index contributed by atoms with van der Waals surface area (Å²) in [7, 11) is 0. The van der Waals surface area contributed by atoms with Crippen LogP contribution in [0.25, 0.3) is 0 Å². The average molecular weight is 245 g/mol. The lowest BCUT2D eigenvalue weighted by Gasteiger charge is -2.29. The van der Waals surface area contributed by atoms with Crippen LogP contribution in [-0.4, -0.2) is 17.2 Å². The summed E-state index contributed by atoms with van der Waals surface area (Å²) in [6, 6.07) is 3.84. The number of thiol groups is 1. The summed E-state index contributed by atoms with van der Waals surface area (Å²) >= 11 is 4.20. The van der Waals surface area contributed by atoms with Gasteiger partial charge in [0.15, 0.2) is 0 Å². The normalized spacial score (nSPS) is 14.6. The molecule has 1 aliphatic rings. The Balaban J connectivity index is 3.04. The zero-order valence-electron chi connectivity index (χ0n) is 10.1. The van der Waals surface area contributed by atoms with Crippen LogP contribution in [0.5, 0.6) is 0 Å². The van der Waals surface area contributed by atoms with Crippen molar-refractivity contribution in [3.63, 3.8) is 0 Å². The molecular weight excluding hydrogens is 230 g/mol. The first-order valence-electron chi connectivity index (χ1n) is 5.43. The fourth-order valence-electron chi connectivity index (χ4n) is 1.81. The molecule has 0 aliphatic carbocycles. The van der Waals surface area contributed by atoms with Crippen LogP contribution in [0.3, 0.4) is 0 Å². The van der Waals surface area contributed by atoms with E-state index in [1.165, 1.54) is 0 Å². The Morgan fingerprint density at radius 1 is 1.24 bits per heavy atom. The van der Waals surface area contributed by atoms with Gasteiger partial charge in [-0.2, -0.15) is 23.2 Å². The van der Waals surface area contributed by atoms with E-state index in [2.05, 4.69) is 17.5 Å². The third-order valence-corrected chi connectivity index (χ3v) is 2.95. The van der Waals surface area contributed by atoms with E-state index < -0.39 is 0 Å². The molecule has 1 heterocycles. The van der Waals surface area contributed by atoms with Gasteiger partial charge in [0.25, 0.3) is 0 Å². The largest absolute Gasteiger partial charge is 0.349 e. The molecule has 0 N–H and O–H groups in total. The van der Waals surface area contributed by atoms with E-state index in [9.17, 15) is 0 Å². The number of nitrogens with zero attached hydrogens (tertiary/aromatic N) is 3. The van der Waals surface area contributed by atoms with Gasteiger partial charge in [-0.25, -0.2) is 0 Å². The molecule has 0 amide bonds. The van der Waals surface area contributed by atoms with Crippen LogP contribution in [-0.2, 0) is 0 Å². The van der Waals surface area contributed by atoms with Gasteiger partial charge in [-0.1, -0.05) is 0 Å². The van der Waals surface area contributed by atoms with Crippen molar-refractivity contribution in [2.75, 3.05) is 12.3 Å². The van der Waals surface area contributed by atoms with Crippen molar-refractivity contribution < 1.29 is 0 Å². The Morgan fingerprint density at radius 2 is 1.76 bits per heavy atom. The molecule has 0 aromatic heterocycles. The van der Waals surface area contributed by atoms with Gasteiger partial charge in [0, 0.05) is 23.5 Å². The molecule has 1 aliphatic heterocycles. The van der Waals surface area contributed by atoms with Crippen molar-refractivity contribution in [2.45, 2.75) is 20.3 Å². The van der Waals surface area contributed by atoms with E-state index in [0.717, 1.165) is 30.1 Å². The van der Waals surface area contributed by atoms with Gasteiger partial charge in [-0.3, -0.25) is 0 Å². The van der Waals surface area contributed by atoms with E-state index in [4.69, 9.17) is 10.5 Å². The number of nitriles is 2. The van der Waals surface area contributed by atoms with Crippen LogP contribution in [0.2, 0.25) is 0 Å². The lowest BCUT2D eigenvalue weighted by Crippen LogP contribution is -2.23. The number of allylic oxidation sites excluding steroid dienone is 6. The number of hydrogen-bond donors (Lipinski definition) is 1. The Labute approximate surface area is 108 Å². The van der Waals surface area contributed by atoms with Gasteiger partial charge < -0.3 is 4.90 Å². The third-order valence-electron chi connectivity index (χ3n) is 2.63. The second-order valence-electron chi connectivity index (χ2n) is 3.85. The van der Waals surface area contributed by atoms with Crippen LogP contribution < -0.4 is 0 Å². The smallest absolute Gasteiger partial charge is 0.137 e. The fourth-order valence-corrected chi connectivity index (χ4v) is 1.95. The maximum absolute atomic E-state index is 8.85. The monoisotopic (exact) mass is 245 g/mol. The summed E-state index contributed by atoms with van der Waals surface area (Å²) in [5.74, 6) is 0.849. The predicted molar refractivity (Wildman–Crippen MR) is 70.9 cm³/mol. The van der Waals surface area contributed by atoms with Gasteiger partial charge in [-0.15, -0.1) is 0 Å². The minimum atomic E-state index is 0.164. The fraction of sp³-hybridized carbons (Fsp3) is 0.385. The number of hydrogen-bond acceptors (Lipinski definition) is 4. The highest BCUT2D eigenvalue weighted by Gasteiger charge is 2.14. The topological polar surface area (TPSA) is 50.8 Å². The summed E-state index contributed by atoms with van der Waals surface area (Å²) in [5.41, 5.74) is 2.99. The van der Waals surface area contributed by atoms with Crippen molar-refractivity contribution >= 4 is 12.6 Å². The quantitative estimate of drug-likeness (QED) is 0.614.